The molecule has 1 aliphatic rings. The summed E-state index contributed by atoms with van der Waals surface area (Å²) in [7, 11) is 1.31. The molecule has 0 aromatic heterocycles. The molecule has 6 nitrogen and oxygen atoms in total. The van der Waals surface area contributed by atoms with Crippen molar-refractivity contribution in [1.29, 1.82) is 0 Å². The molecule has 1 aromatic carbocycles. The fraction of sp³-hybridized carbons (Fsp3) is 0.526. The van der Waals surface area contributed by atoms with Crippen LogP contribution in [0, 0.1) is 5.92 Å². The van der Waals surface area contributed by atoms with Gasteiger partial charge in [0.15, 0.2) is 0 Å². The molecular formula is C19H26N2O4. The Labute approximate surface area is 148 Å². The minimum atomic E-state index is -0.639. The number of benzene rings is 1. The van der Waals surface area contributed by atoms with Gasteiger partial charge in [-0.2, -0.15) is 0 Å². The summed E-state index contributed by atoms with van der Waals surface area (Å²) in [6.07, 6.45) is 1.35. The first-order chi connectivity index (χ1) is 11.9. The molecule has 1 N–H and O–H groups in total. The summed E-state index contributed by atoms with van der Waals surface area (Å²) in [4.78, 5) is 37.4. The standard InChI is InChI=1S/C19H26N2O4/c1-13(2)18(19(24)25-3)20-16(22)10-7-11-21-15(12-17(21)23)14-8-5-4-6-9-14/h4-6,8-9,13,15,18H,7,10-12H2,1-3H3,(H,20,22)/t15?,18-/m0/s1. The van der Waals surface area contributed by atoms with Crippen LogP contribution in [-0.2, 0) is 19.1 Å². The van der Waals surface area contributed by atoms with Crippen LogP contribution in [0.5, 0.6) is 0 Å². The van der Waals surface area contributed by atoms with E-state index in [1.165, 1.54) is 7.11 Å². The summed E-state index contributed by atoms with van der Waals surface area (Å²) in [5.74, 6) is -0.571. The molecule has 1 aromatic rings. The number of ether oxygens (including phenoxy) is 1. The monoisotopic (exact) mass is 346 g/mol. The van der Waals surface area contributed by atoms with Crippen LogP contribution in [0.3, 0.4) is 0 Å². The number of carbonyl (C=O) groups excluding carboxylic acids is 3. The van der Waals surface area contributed by atoms with Crippen LogP contribution in [0.15, 0.2) is 30.3 Å². The zero-order valence-electron chi connectivity index (χ0n) is 15.0. The fourth-order valence-corrected chi connectivity index (χ4v) is 2.99. The second-order valence-corrected chi connectivity index (χ2v) is 6.63. The third-order valence-electron chi connectivity index (χ3n) is 4.49. The minimum absolute atomic E-state index is 0.0455. The Hall–Kier alpha value is -2.37. The van der Waals surface area contributed by atoms with Gasteiger partial charge < -0.3 is 15.0 Å². The highest BCUT2D eigenvalue weighted by Crippen LogP contribution is 2.34. The first-order valence-corrected chi connectivity index (χ1v) is 8.65. The van der Waals surface area contributed by atoms with Crippen LogP contribution in [0.25, 0.3) is 0 Å². The number of nitrogens with zero attached hydrogens (tertiary/aromatic N) is 1. The number of amides is 2. The maximum Gasteiger partial charge on any atom is 0.328 e. The third kappa shape index (κ3) is 4.81. The first kappa shape index (κ1) is 19.0. The molecule has 0 bridgehead atoms. The van der Waals surface area contributed by atoms with Crippen molar-refractivity contribution in [3.8, 4) is 0 Å². The van der Waals surface area contributed by atoms with E-state index in [1.54, 1.807) is 0 Å². The number of rotatable bonds is 8. The van der Waals surface area contributed by atoms with Gasteiger partial charge in [-0.3, -0.25) is 9.59 Å². The number of methoxy groups -OCH3 is 1. The molecule has 0 radical (unpaired) electrons. The Balaban J connectivity index is 1.80. The van der Waals surface area contributed by atoms with Gasteiger partial charge >= 0.3 is 5.97 Å². The summed E-state index contributed by atoms with van der Waals surface area (Å²) < 4.78 is 4.71. The number of hydrogen-bond acceptors (Lipinski definition) is 4. The molecule has 136 valence electrons. The Morgan fingerprint density at radius 1 is 1.28 bits per heavy atom. The van der Waals surface area contributed by atoms with Crippen molar-refractivity contribution >= 4 is 17.8 Å². The average Bonchev–Trinajstić information content (AvgIpc) is 2.60. The molecule has 0 spiro atoms. The van der Waals surface area contributed by atoms with Crippen molar-refractivity contribution in [1.82, 2.24) is 10.2 Å². The molecule has 2 rings (SSSR count). The van der Waals surface area contributed by atoms with E-state index >= 15 is 0 Å². The third-order valence-corrected chi connectivity index (χ3v) is 4.49. The summed E-state index contributed by atoms with van der Waals surface area (Å²) in [5.41, 5.74) is 1.12. The summed E-state index contributed by atoms with van der Waals surface area (Å²) in [6, 6.07) is 9.37. The number of nitrogens with one attached hydrogen (secondary N) is 1. The molecule has 1 unspecified atom stereocenters. The first-order valence-electron chi connectivity index (χ1n) is 8.65. The number of hydrogen-bond donors (Lipinski definition) is 1. The molecule has 0 saturated carbocycles. The van der Waals surface area contributed by atoms with Gasteiger partial charge in [-0.15, -0.1) is 0 Å². The molecule has 0 aliphatic carbocycles. The van der Waals surface area contributed by atoms with E-state index in [0.29, 0.717) is 19.4 Å². The second kappa shape index (κ2) is 8.65. The van der Waals surface area contributed by atoms with Gasteiger partial charge in [0.05, 0.1) is 19.6 Å². The highest BCUT2D eigenvalue weighted by atomic mass is 16.5. The number of esters is 1. The lowest BCUT2D eigenvalue weighted by Crippen LogP contribution is -2.47. The zero-order valence-corrected chi connectivity index (χ0v) is 15.0. The smallest absolute Gasteiger partial charge is 0.328 e. The van der Waals surface area contributed by atoms with Crippen LogP contribution < -0.4 is 5.32 Å². The van der Waals surface area contributed by atoms with Crippen LogP contribution >= 0.6 is 0 Å². The lowest BCUT2D eigenvalue weighted by molar-refractivity contribution is -0.146. The van der Waals surface area contributed by atoms with Gasteiger partial charge in [0.25, 0.3) is 0 Å². The lowest BCUT2D eigenvalue weighted by atomic mass is 9.93. The van der Waals surface area contributed by atoms with Crippen LogP contribution in [0.4, 0.5) is 0 Å². The normalized spacial score (nSPS) is 17.8. The largest absolute Gasteiger partial charge is 0.467 e. The van der Waals surface area contributed by atoms with E-state index in [9.17, 15) is 14.4 Å². The van der Waals surface area contributed by atoms with E-state index < -0.39 is 12.0 Å². The second-order valence-electron chi connectivity index (χ2n) is 6.63. The van der Waals surface area contributed by atoms with Crippen LogP contribution in [-0.4, -0.2) is 42.4 Å². The van der Waals surface area contributed by atoms with Crippen molar-refractivity contribution < 1.29 is 19.1 Å². The maximum absolute atomic E-state index is 12.1. The van der Waals surface area contributed by atoms with E-state index in [4.69, 9.17) is 4.74 Å². The lowest BCUT2D eigenvalue weighted by Gasteiger charge is -2.41. The van der Waals surface area contributed by atoms with Gasteiger partial charge in [0, 0.05) is 13.0 Å². The Bertz CT molecular complexity index is 615. The van der Waals surface area contributed by atoms with E-state index in [2.05, 4.69) is 5.32 Å². The molecule has 25 heavy (non-hydrogen) atoms. The molecule has 1 fully saturated rings. The fourth-order valence-electron chi connectivity index (χ4n) is 2.99. The Kier molecular flexibility index (Phi) is 6.56. The van der Waals surface area contributed by atoms with Crippen molar-refractivity contribution in [3.63, 3.8) is 0 Å². The highest BCUT2D eigenvalue weighted by Gasteiger charge is 2.36. The predicted molar refractivity (Wildman–Crippen MR) is 93.5 cm³/mol. The van der Waals surface area contributed by atoms with Gasteiger partial charge in [-0.1, -0.05) is 44.2 Å². The molecule has 6 heteroatoms. The van der Waals surface area contributed by atoms with E-state index in [-0.39, 0.29) is 30.2 Å². The minimum Gasteiger partial charge on any atom is -0.467 e. The van der Waals surface area contributed by atoms with Gasteiger partial charge in [0.1, 0.15) is 6.04 Å². The van der Waals surface area contributed by atoms with Crippen molar-refractivity contribution in [2.75, 3.05) is 13.7 Å². The quantitative estimate of drug-likeness (QED) is 0.577. The molecule has 1 heterocycles. The average molecular weight is 346 g/mol. The summed E-state index contributed by atoms with van der Waals surface area (Å²) in [5, 5.41) is 2.71. The zero-order chi connectivity index (χ0) is 18.4. The predicted octanol–water partition coefficient (Wildman–Crippen LogP) is 2.05. The molecule has 1 aliphatic heterocycles. The highest BCUT2D eigenvalue weighted by molar-refractivity contribution is 5.85. The summed E-state index contributed by atoms with van der Waals surface area (Å²) in [6.45, 7) is 4.24. The van der Waals surface area contributed by atoms with Gasteiger partial charge in [-0.25, -0.2) is 4.79 Å². The van der Waals surface area contributed by atoms with Crippen molar-refractivity contribution in [2.45, 2.75) is 45.2 Å². The molecule has 2 atom stereocenters. The van der Waals surface area contributed by atoms with Crippen LogP contribution in [0.1, 0.15) is 44.7 Å². The number of carbonyl (C=O) groups is 3. The molecule has 2 amide bonds. The molecule has 1 saturated heterocycles. The number of β-lactam (4-membered cyclic amide) rings is 1. The molecular weight excluding hydrogens is 320 g/mol. The van der Waals surface area contributed by atoms with E-state index in [1.807, 2.05) is 49.1 Å². The van der Waals surface area contributed by atoms with Crippen molar-refractivity contribution in [2.24, 2.45) is 5.92 Å². The summed E-state index contributed by atoms with van der Waals surface area (Å²) >= 11 is 0. The van der Waals surface area contributed by atoms with Crippen LogP contribution in [0.2, 0.25) is 0 Å². The van der Waals surface area contributed by atoms with Crippen molar-refractivity contribution in [3.05, 3.63) is 35.9 Å². The maximum atomic E-state index is 12.1. The Morgan fingerprint density at radius 2 is 1.96 bits per heavy atom. The van der Waals surface area contributed by atoms with Gasteiger partial charge in [-0.05, 0) is 17.9 Å². The topological polar surface area (TPSA) is 75.7 Å². The van der Waals surface area contributed by atoms with Gasteiger partial charge in [0.2, 0.25) is 11.8 Å². The SMILES string of the molecule is COC(=O)[C@@H](NC(=O)CCCN1C(=O)CC1c1ccccc1)C(C)C. The Morgan fingerprint density at radius 3 is 2.52 bits per heavy atom. The number of likely N-dealkylation sites (tertiary alicyclic amines) is 1. The van der Waals surface area contributed by atoms with E-state index in [0.717, 1.165) is 5.56 Å².